The van der Waals surface area contributed by atoms with Crippen LogP contribution >= 0.6 is 0 Å². The smallest absolute Gasteiger partial charge is 0.321 e. The largest absolute Gasteiger partial charge is 0.481 e. The number of amides is 1. The Balaban J connectivity index is -0.000000205. The van der Waals surface area contributed by atoms with Gasteiger partial charge in [-0.3, -0.25) is 24.2 Å². The first kappa shape index (κ1) is 39.3. The third kappa shape index (κ3) is 29.0. The number of aliphatic carboxylic acids is 3. The topological polar surface area (TPSA) is 255 Å². The van der Waals surface area contributed by atoms with Crippen LogP contribution in [0.2, 0.25) is 0 Å². The van der Waals surface area contributed by atoms with E-state index < -0.39 is 30.0 Å². The van der Waals surface area contributed by atoms with Crippen molar-refractivity contribution in [3.05, 3.63) is 0 Å². The number of carbonyl (C=O) groups excluding carboxylic acids is 1. The minimum Gasteiger partial charge on any atom is -0.481 e. The SMILES string of the molecule is C.CN=C(N)NCCCC(N)C(=O)O.CNC(=O)CC(N)C(=O)O.CNCCCCC(C)C(=O)O. The monoisotopic (exact) mass is 509 g/mol. The van der Waals surface area contributed by atoms with Crippen molar-refractivity contribution in [1.29, 1.82) is 0 Å². The van der Waals surface area contributed by atoms with Crippen molar-refractivity contribution < 1.29 is 34.5 Å². The molecule has 0 saturated heterocycles. The van der Waals surface area contributed by atoms with Gasteiger partial charge in [0, 0.05) is 20.6 Å². The molecule has 14 nitrogen and oxygen atoms in total. The van der Waals surface area contributed by atoms with E-state index in [0.717, 1.165) is 25.8 Å². The lowest BCUT2D eigenvalue weighted by molar-refractivity contribution is -0.141. The summed E-state index contributed by atoms with van der Waals surface area (Å²) in [5.74, 6) is -3.03. The van der Waals surface area contributed by atoms with Gasteiger partial charge in [-0.05, 0) is 39.3 Å². The molecule has 14 heteroatoms. The number of carboxylic acid groups (broad SMARTS) is 3. The van der Waals surface area contributed by atoms with Crippen molar-refractivity contribution in [3.8, 4) is 0 Å². The molecule has 208 valence electrons. The van der Waals surface area contributed by atoms with E-state index in [9.17, 15) is 19.2 Å². The fraction of sp³-hybridized carbons (Fsp3) is 0.762. The number of nitrogens with zero attached hydrogens (tertiary/aromatic N) is 1. The molecule has 0 spiro atoms. The van der Waals surface area contributed by atoms with E-state index in [4.69, 9.17) is 32.5 Å². The predicted octanol–water partition coefficient (Wildman–Crippen LogP) is -1.02. The molecule has 0 aliphatic heterocycles. The number of hydrogen-bond acceptors (Lipinski definition) is 8. The van der Waals surface area contributed by atoms with E-state index in [2.05, 4.69) is 20.9 Å². The van der Waals surface area contributed by atoms with Gasteiger partial charge in [-0.2, -0.15) is 0 Å². The fourth-order valence-corrected chi connectivity index (χ4v) is 2.01. The quantitative estimate of drug-likeness (QED) is 0.0774. The average molecular weight is 510 g/mol. The van der Waals surface area contributed by atoms with Gasteiger partial charge in [-0.15, -0.1) is 0 Å². The van der Waals surface area contributed by atoms with Crippen LogP contribution in [0.15, 0.2) is 4.99 Å². The maximum Gasteiger partial charge on any atom is 0.321 e. The molecule has 3 atom stereocenters. The van der Waals surface area contributed by atoms with Crippen LogP contribution in [0.4, 0.5) is 0 Å². The Labute approximate surface area is 208 Å². The normalized spacial score (nSPS) is 12.7. The minimum absolute atomic E-state index is 0. The van der Waals surface area contributed by atoms with Crippen LogP contribution in [0.25, 0.3) is 0 Å². The van der Waals surface area contributed by atoms with E-state index in [-0.39, 0.29) is 25.7 Å². The Morgan fingerprint density at radius 1 is 0.857 bits per heavy atom. The Morgan fingerprint density at radius 2 is 1.40 bits per heavy atom. The fourth-order valence-electron chi connectivity index (χ4n) is 2.01. The second-order valence-electron chi connectivity index (χ2n) is 7.28. The summed E-state index contributed by atoms with van der Waals surface area (Å²) in [6, 6.07) is -1.89. The molecule has 35 heavy (non-hydrogen) atoms. The molecule has 1 amide bonds. The third-order valence-electron chi connectivity index (χ3n) is 4.29. The molecule has 0 bridgehead atoms. The highest BCUT2D eigenvalue weighted by Gasteiger charge is 2.14. The van der Waals surface area contributed by atoms with Gasteiger partial charge in [0.05, 0.1) is 12.3 Å². The summed E-state index contributed by atoms with van der Waals surface area (Å²) in [5, 5.41) is 33.3. The first-order chi connectivity index (χ1) is 15.8. The molecule has 0 heterocycles. The highest BCUT2D eigenvalue weighted by atomic mass is 16.4. The lowest BCUT2D eigenvalue weighted by Gasteiger charge is -2.07. The molecule has 0 aromatic rings. The highest BCUT2D eigenvalue weighted by Crippen LogP contribution is 2.06. The lowest BCUT2D eigenvalue weighted by Crippen LogP contribution is -2.35. The van der Waals surface area contributed by atoms with Crippen molar-refractivity contribution >= 4 is 29.8 Å². The summed E-state index contributed by atoms with van der Waals surface area (Å²) < 4.78 is 0. The molecule has 0 aromatic heterocycles. The third-order valence-corrected chi connectivity index (χ3v) is 4.29. The number of carbonyl (C=O) groups is 4. The number of nitrogens with two attached hydrogens (primary N) is 3. The molecule has 12 N–H and O–H groups in total. The van der Waals surface area contributed by atoms with Gasteiger partial charge < -0.3 is 48.5 Å². The number of guanidine groups is 1. The van der Waals surface area contributed by atoms with Crippen LogP contribution in [0.1, 0.15) is 52.9 Å². The zero-order chi connectivity index (χ0) is 27.1. The van der Waals surface area contributed by atoms with Gasteiger partial charge in [0.1, 0.15) is 12.1 Å². The molecule has 0 aromatic carbocycles. The van der Waals surface area contributed by atoms with Gasteiger partial charge >= 0.3 is 17.9 Å². The molecule has 0 fully saturated rings. The minimum atomic E-state index is -1.16. The van der Waals surface area contributed by atoms with Gasteiger partial charge in [-0.25, -0.2) is 0 Å². The molecule has 0 aliphatic rings. The summed E-state index contributed by atoms with van der Waals surface area (Å²) >= 11 is 0. The second-order valence-corrected chi connectivity index (χ2v) is 7.28. The number of hydrogen-bond donors (Lipinski definition) is 9. The molecule has 0 aliphatic carbocycles. The second kappa shape index (κ2) is 25.6. The van der Waals surface area contributed by atoms with E-state index in [0.29, 0.717) is 25.3 Å². The van der Waals surface area contributed by atoms with Crippen LogP contribution in [0.5, 0.6) is 0 Å². The van der Waals surface area contributed by atoms with E-state index in [1.54, 1.807) is 14.0 Å². The van der Waals surface area contributed by atoms with Crippen molar-refractivity contribution in [2.45, 2.75) is 65.0 Å². The maximum atomic E-state index is 10.5. The van der Waals surface area contributed by atoms with Crippen molar-refractivity contribution in [2.24, 2.45) is 28.1 Å². The number of rotatable bonds is 14. The predicted molar refractivity (Wildman–Crippen MR) is 136 cm³/mol. The Bertz CT molecular complexity index is 619. The summed E-state index contributed by atoms with van der Waals surface area (Å²) in [7, 11) is 4.91. The maximum absolute atomic E-state index is 10.5. The highest BCUT2D eigenvalue weighted by molar-refractivity contribution is 5.83. The molecule has 0 saturated carbocycles. The van der Waals surface area contributed by atoms with Crippen molar-refractivity contribution in [3.63, 3.8) is 0 Å². The zero-order valence-electron chi connectivity index (χ0n) is 20.5. The molecule has 3 unspecified atom stereocenters. The van der Waals surface area contributed by atoms with Crippen molar-refractivity contribution in [1.82, 2.24) is 16.0 Å². The van der Waals surface area contributed by atoms with Gasteiger partial charge in [0.2, 0.25) is 5.91 Å². The van der Waals surface area contributed by atoms with Crippen LogP contribution < -0.4 is 33.2 Å². The van der Waals surface area contributed by atoms with E-state index >= 15 is 0 Å². The Kier molecular flexibility index (Phi) is 28.8. The molecular formula is C21H47N7O7. The molecule has 0 radical (unpaired) electrons. The van der Waals surface area contributed by atoms with Gasteiger partial charge in [-0.1, -0.05) is 20.8 Å². The number of unbranched alkanes of at least 4 members (excludes halogenated alkanes) is 1. The lowest BCUT2D eigenvalue weighted by atomic mass is 10.0. The molecular weight excluding hydrogens is 462 g/mol. The number of aliphatic imine (C=N–C) groups is 1. The van der Waals surface area contributed by atoms with Crippen LogP contribution in [0.3, 0.4) is 0 Å². The van der Waals surface area contributed by atoms with Crippen LogP contribution in [-0.4, -0.2) is 91.4 Å². The van der Waals surface area contributed by atoms with E-state index in [1.807, 2.05) is 7.05 Å². The van der Waals surface area contributed by atoms with Crippen LogP contribution in [0, 0.1) is 5.92 Å². The number of carboxylic acids is 3. The summed E-state index contributed by atoms with van der Waals surface area (Å²) in [6.07, 6.45) is 3.76. The van der Waals surface area contributed by atoms with Gasteiger partial charge in [0.15, 0.2) is 5.96 Å². The summed E-state index contributed by atoms with van der Waals surface area (Å²) in [5.41, 5.74) is 15.7. The Hall–Kier alpha value is -2.97. The standard InChI is InChI=1S/C8H17NO2.C7H16N4O2.C5H10N2O3.CH4/c1-7(8(10)11)5-3-4-6-9-2;1-10-7(9)11-4-2-3-5(8)6(12)13;1-7-4(8)2-3(6)5(9)10;/h7,9H,3-6H2,1-2H3,(H,10,11);5H,2-4,8H2,1H3,(H,12,13)(H3,9,10,11);3H,2,6H2,1H3,(H,7,8)(H,9,10);1H4. The first-order valence-corrected chi connectivity index (χ1v) is 10.8. The summed E-state index contributed by atoms with van der Waals surface area (Å²) in [4.78, 5) is 44.8. The van der Waals surface area contributed by atoms with E-state index in [1.165, 1.54) is 7.05 Å². The summed E-state index contributed by atoms with van der Waals surface area (Å²) in [6.45, 7) is 3.32. The first-order valence-electron chi connectivity index (χ1n) is 10.8. The zero-order valence-corrected chi connectivity index (χ0v) is 20.5. The Morgan fingerprint density at radius 3 is 1.80 bits per heavy atom. The number of nitrogens with one attached hydrogen (secondary N) is 3. The van der Waals surface area contributed by atoms with Crippen molar-refractivity contribution in [2.75, 3.05) is 34.2 Å². The molecule has 0 rings (SSSR count). The average Bonchev–Trinajstić information content (AvgIpc) is 2.79. The van der Waals surface area contributed by atoms with Gasteiger partial charge in [0.25, 0.3) is 0 Å². The van der Waals surface area contributed by atoms with Crippen LogP contribution in [-0.2, 0) is 19.2 Å².